The van der Waals surface area contributed by atoms with E-state index in [0.717, 1.165) is 17.1 Å². The number of nitrogens with one attached hydrogen (secondary N) is 2. The molecular formula is C20H23N3O3. The Morgan fingerprint density at radius 2 is 1.81 bits per heavy atom. The molecule has 1 aromatic heterocycles. The zero-order valence-corrected chi connectivity index (χ0v) is 15.4. The van der Waals surface area contributed by atoms with Crippen LogP contribution in [0.3, 0.4) is 0 Å². The van der Waals surface area contributed by atoms with E-state index in [1.165, 1.54) is 0 Å². The molecule has 3 aromatic rings. The first-order valence-electron chi connectivity index (χ1n) is 8.50. The van der Waals surface area contributed by atoms with Gasteiger partial charge < -0.3 is 19.8 Å². The number of ether oxygens (including phenoxy) is 2. The van der Waals surface area contributed by atoms with Crippen molar-refractivity contribution < 1.29 is 9.47 Å². The van der Waals surface area contributed by atoms with Crippen molar-refractivity contribution in [3.63, 3.8) is 0 Å². The Kier molecular flexibility index (Phi) is 5.23. The lowest BCUT2D eigenvalue weighted by Crippen LogP contribution is -2.26. The molecule has 0 aliphatic heterocycles. The number of aromatic nitrogens is 2. The van der Waals surface area contributed by atoms with Crippen LogP contribution in [0.15, 0.2) is 47.3 Å². The lowest BCUT2D eigenvalue weighted by atomic mass is 10.1. The summed E-state index contributed by atoms with van der Waals surface area (Å²) >= 11 is 0. The fourth-order valence-corrected chi connectivity index (χ4v) is 3.03. The minimum absolute atomic E-state index is 0.0353. The first kappa shape index (κ1) is 17.9. The van der Waals surface area contributed by atoms with Gasteiger partial charge in [-0.3, -0.25) is 4.79 Å². The van der Waals surface area contributed by atoms with Crippen LogP contribution >= 0.6 is 0 Å². The first-order chi connectivity index (χ1) is 12.5. The van der Waals surface area contributed by atoms with Crippen molar-refractivity contribution in [2.45, 2.75) is 25.9 Å². The molecule has 0 fully saturated rings. The zero-order valence-electron chi connectivity index (χ0n) is 15.4. The average molecular weight is 353 g/mol. The van der Waals surface area contributed by atoms with Crippen LogP contribution in [0.4, 0.5) is 0 Å². The molecule has 0 saturated carbocycles. The van der Waals surface area contributed by atoms with Crippen molar-refractivity contribution in [3.8, 4) is 11.5 Å². The van der Waals surface area contributed by atoms with Crippen LogP contribution in [0.5, 0.6) is 11.5 Å². The van der Waals surface area contributed by atoms with Crippen molar-refractivity contribution in [3.05, 3.63) is 64.2 Å². The maximum atomic E-state index is 12.3. The van der Waals surface area contributed by atoms with E-state index in [-0.39, 0.29) is 17.6 Å². The van der Waals surface area contributed by atoms with E-state index in [2.05, 4.69) is 15.3 Å². The van der Waals surface area contributed by atoms with Gasteiger partial charge in [0.15, 0.2) is 0 Å². The molecule has 0 bridgehead atoms. The van der Waals surface area contributed by atoms with Crippen LogP contribution < -0.4 is 20.3 Å². The average Bonchev–Trinajstić information content (AvgIpc) is 2.67. The molecule has 0 amide bonds. The monoisotopic (exact) mass is 353 g/mol. The summed E-state index contributed by atoms with van der Waals surface area (Å²) in [6, 6.07) is 12.8. The second kappa shape index (κ2) is 7.58. The summed E-state index contributed by atoms with van der Waals surface area (Å²) in [6.45, 7) is 4.00. The molecule has 6 heteroatoms. The van der Waals surface area contributed by atoms with Gasteiger partial charge in [0.25, 0.3) is 5.56 Å². The number of hydrogen-bond donors (Lipinski definition) is 2. The van der Waals surface area contributed by atoms with E-state index in [9.17, 15) is 4.79 Å². The van der Waals surface area contributed by atoms with Gasteiger partial charge in [0.2, 0.25) is 0 Å². The lowest BCUT2D eigenvalue weighted by Gasteiger charge is -2.22. The summed E-state index contributed by atoms with van der Waals surface area (Å²) < 4.78 is 10.8. The van der Waals surface area contributed by atoms with Crippen LogP contribution in [0, 0.1) is 0 Å². The quantitative estimate of drug-likeness (QED) is 0.711. The smallest absolute Gasteiger partial charge is 0.258 e. The van der Waals surface area contributed by atoms with E-state index in [1.807, 2.05) is 50.2 Å². The van der Waals surface area contributed by atoms with Crippen molar-refractivity contribution in [1.82, 2.24) is 15.3 Å². The van der Waals surface area contributed by atoms with E-state index < -0.39 is 0 Å². The molecule has 0 aliphatic carbocycles. The molecule has 0 unspecified atom stereocenters. The number of para-hydroxylation sites is 1. The number of fused-ring (bicyclic) bond motifs is 1. The van der Waals surface area contributed by atoms with Gasteiger partial charge in [-0.25, -0.2) is 4.98 Å². The number of aromatic amines is 1. The largest absolute Gasteiger partial charge is 0.497 e. The third-order valence-corrected chi connectivity index (χ3v) is 4.44. The van der Waals surface area contributed by atoms with Gasteiger partial charge in [-0.1, -0.05) is 12.1 Å². The summed E-state index contributed by atoms with van der Waals surface area (Å²) in [6.07, 6.45) is 0. The fourth-order valence-electron chi connectivity index (χ4n) is 3.03. The van der Waals surface area contributed by atoms with Crippen LogP contribution in [-0.2, 0) is 0 Å². The molecule has 0 aliphatic rings. The SMILES string of the molecule is COc1ccc(OC)c([C@@H](C)N[C@@H](C)c2nc3ccccc3c(=O)[nH]2)c1. The van der Waals surface area contributed by atoms with Crippen LogP contribution in [0.1, 0.15) is 37.3 Å². The highest BCUT2D eigenvalue weighted by atomic mass is 16.5. The zero-order chi connectivity index (χ0) is 18.7. The third kappa shape index (κ3) is 3.55. The van der Waals surface area contributed by atoms with Crippen molar-refractivity contribution in [2.24, 2.45) is 0 Å². The maximum absolute atomic E-state index is 12.3. The van der Waals surface area contributed by atoms with Gasteiger partial charge in [0.1, 0.15) is 17.3 Å². The molecule has 0 spiro atoms. The highest BCUT2D eigenvalue weighted by Gasteiger charge is 2.18. The van der Waals surface area contributed by atoms with Crippen molar-refractivity contribution in [1.29, 1.82) is 0 Å². The van der Waals surface area contributed by atoms with E-state index in [4.69, 9.17) is 9.47 Å². The summed E-state index contributed by atoms with van der Waals surface area (Å²) in [5.41, 5.74) is 1.53. The van der Waals surface area contributed by atoms with Crippen LogP contribution in [-0.4, -0.2) is 24.2 Å². The van der Waals surface area contributed by atoms with Gasteiger partial charge in [0.05, 0.1) is 31.2 Å². The topological polar surface area (TPSA) is 76.2 Å². The molecular weight excluding hydrogens is 330 g/mol. The minimum atomic E-state index is -0.154. The van der Waals surface area contributed by atoms with Crippen LogP contribution in [0.2, 0.25) is 0 Å². The first-order valence-corrected chi connectivity index (χ1v) is 8.50. The lowest BCUT2D eigenvalue weighted by molar-refractivity contribution is 0.386. The number of methoxy groups -OCH3 is 2. The summed E-state index contributed by atoms with van der Waals surface area (Å²) in [7, 11) is 3.28. The summed E-state index contributed by atoms with van der Waals surface area (Å²) in [5, 5.41) is 4.05. The van der Waals surface area contributed by atoms with E-state index in [0.29, 0.717) is 16.7 Å². The Balaban J connectivity index is 1.88. The molecule has 2 atom stereocenters. The highest BCUT2D eigenvalue weighted by molar-refractivity contribution is 5.77. The number of H-pyrrole nitrogens is 1. The maximum Gasteiger partial charge on any atom is 0.258 e. The predicted molar refractivity (Wildman–Crippen MR) is 102 cm³/mol. The fraction of sp³-hybridized carbons (Fsp3) is 0.300. The highest BCUT2D eigenvalue weighted by Crippen LogP contribution is 2.30. The molecule has 136 valence electrons. The Labute approximate surface area is 152 Å². The van der Waals surface area contributed by atoms with E-state index in [1.54, 1.807) is 20.3 Å². The molecule has 2 N–H and O–H groups in total. The molecule has 6 nitrogen and oxygen atoms in total. The Morgan fingerprint density at radius 3 is 2.54 bits per heavy atom. The predicted octanol–water partition coefficient (Wildman–Crippen LogP) is 3.35. The van der Waals surface area contributed by atoms with Gasteiger partial charge in [0, 0.05) is 11.6 Å². The second-order valence-corrected chi connectivity index (χ2v) is 6.19. The molecule has 3 rings (SSSR count). The Bertz CT molecular complexity index is 968. The molecule has 2 aromatic carbocycles. The van der Waals surface area contributed by atoms with Gasteiger partial charge in [-0.05, 0) is 44.2 Å². The molecule has 26 heavy (non-hydrogen) atoms. The molecule has 0 saturated heterocycles. The number of rotatable bonds is 6. The standard InChI is InChI=1S/C20H23N3O3/c1-12(16-11-14(25-3)9-10-18(16)26-4)21-13(2)19-22-17-8-6-5-7-15(17)20(24)23-19/h5-13,21H,1-4H3,(H,22,23,24)/t12-,13+/m1/s1. The van der Waals surface area contributed by atoms with Crippen LogP contribution in [0.25, 0.3) is 10.9 Å². The Hall–Kier alpha value is -2.86. The normalized spacial score (nSPS) is 13.4. The number of hydrogen-bond acceptors (Lipinski definition) is 5. The van der Waals surface area contributed by atoms with E-state index >= 15 is 0 Å². The Morgan fingerprint density at radius 1 is 1.04 bits per heavy atom. The van der Waals surface area contributed by atoms with Gasteiger partial charge in [-0.15, -0.1) is 0 Å². The summed E-state index contributed by atoms with van der Waals surface area (Å²) in [4.78, 5) is 19.7. The van der Waals surface area contributed by atoms with Gasteiger partial charge >= 0.3 is 0 Å². The number of benzene rings is 2. The second-order valence-electron chi connectivity index (χ2n) is 6.19. The molecule has 0 radical (unpaired) electrons. The van der Waals surface area contributed by atoms with Crippen molar-refractivity contribution in [2.75, 3.05) is 14.2 Å². The third-order valence-electron chi connectivity index (χ3n) is 4.44. The number of nitrogens with zero attached hydrogens (tertiary/aromatic N) is 1. The van der Waals surface area contributed by atoms with Crippen molar-refractivity contribution >= 4 is 10.9 Å². The van der Waals surface area contributed by atoms with Gasteiger partial charge in [-0.2, -0.15) is 0 Å². The minimum Gasteiger partial charge on any atom is -0.497 e. The summed E-state index contributed by atoms with van der Waals surface area (Å²) in [5.74, 6) is 2.14. The molecule has 1 heterocycles.